The molecule has 7 heteroatoms. The van der Waals surface area contributed by atoms with Crippen molar-refractivity contribution in [2.45, 2.75) is 0 Å². The van der Waals surface area contributed by atoms with Crippen molar-refractivity contribution in [3.63, 3.8) is 0 Å². The van der Waals surface area contributed by atoms with Crippen LogP contribution in [0.2, 0.25) is 0 Å². The van der Waals surface area contributed by atoms with E-state index in [1.54, 1.807) is 23.9 Å². The molecule has 1 heterocycles. The number of aromatic nitrogens is 3. The average Bonchev–Trinajstić information content (AvgIpc) is 3.04. The quantitative estimate of drug-likeness (QED) is 0.546. The van der Waals surface area contributed by atoms with Crippen molar-refractivity contribution in [3.8, 4) is 22.8 Å². The molecule has 0 unspecified atom stereocenters. The molecule has 3 aromatic rings. The molecule has 1 aromatic heterocycles. The van der Waals surface area contributed by atoms with Crippen molar-refractivity contribution in [3.05, 3.63) is 65.0 Å². The number of ether oxygens (including phenoxy) is 1. The standard InChI is InChI=1S/C15H12N4O3/c1-22-14-8-2-11(3-9-14)15-16-10-17-18(15)12-4-6-13(7-5-12)19(20)21/h2-10H,1H3. The second-order valence-electron chi connectivity index (χ2n) is 4.50. The Morgan fingerprint density at radius 3 is 2.36 bits per heavy atom. The van der Waals surface area contributed by atoms with Crippen LogP contribution in [0.1, 0.15) is 0 Å². The summed E-state index contributed by atoms with van der Waals surface area (Å²) in [7, 11) is 1.61. The molecule has 7 nitrogen and oxygen atoms in total. The third-order valence-electron chi connectivity index (χ3n) is 3.20. The largest absolute Gasteiger partial charge is 0.497 e. The van der Waals surface area contributed by atoms with E-state index in [2.05, 4.69) is 10.1 Å². The summed E-state index contributed by atoms with van der Waals surface area (Å²) in [6.45, 7) is 0. The predicted octanol–water partition coefficient (Wildman–Crippen LogP) is 2.85. The second-order valence-corrected chi connectivity index (χ2v) is 4.50. The van der Waals surface area contributed by atoms with Crippen molar-refractivity contribution < 1.29 is 9.66 Å². The van der Waals surface area contributed by atoms with Crippen molar-refractivity contribution in [2.75, 3.05) is 7.11 Å². The number of nitro benzene ring substituents is 1. The van der Waals surface area contributed by atoms with Crippen molar-refractivity contribution >= 4 is 5.69 Å². The van der Waals surface area contributed by atoms with Gasteiger partial charge >= 0.3 is 0 Å². The van der Waals surface area contributed by atoms with Gasteiger partial charge in [-0.15, -0.1) is 0 Å². The first-order valence-corrected chi connectivity index (χ1v) is 6.48. The Kier molecular flexibility index (Phi) is 3.53. The summed E-state index contributed by atoms with van der Waals surface area (Å²) in [4.78, 5) is 14.5. The monoisotopic (exact) mass is 296 g/mol. The van der Waals surface area contributed by atoms with Crippen LogP contribution in [0, 0.1) is 10.1 Å². The molecule has 0 amide bonds. The summed E-state index contributed by atoms with van der Waals surface area (Å²) in [5.74, 6) is 1.40. The highest BCUT2D eigenvalue weighted by atomic mass is 16.6. The fourth-order valence-corrected chi connectivity index (χ4v) is 2.08. The first kappa shape index (κ1) is 13.7. The lowest BCUT2D eigenvalue weighted by molar-refractivity contribution is -0.384. The Morgan fingerprint density at radius 2 is 1.77 bits per heavy atom. The van der Waals surface area contributed by atoms with Crippen LogP contribution >= 0.6 is 0 Å². The molecule has 3 rings (SSSR count). The number of rotatable bonds is 4. The van der Waals surface area contributed by atoms with Crippen molar-refractivity contribution in [1.29, 1.82) is 0 Å². The highest BCUT2D eigenvalue weighted by Gasteiger charge is 2.11. The third-order valence-corrected chi connectivity index (χ3v) is 3.20. The zero-order valence-corrected chi connectivity index (χ0v) is 11.7. The van der Waals surface area contributed by atoms with Gasteiger partial charge in [0.2, 0.25) is 0 Å². The second kappa shape index (κ2) is 5.65. The van der Waals surface area contributed by atoms with Gasteiger partial charge in [0.05, 0.1) is 17.7 Å². The van der Waals surface area contributed by atoms with Gasteiger partial charge in [-0.25, -0.2) is 9.67 Å². The van der Waals surface area contributed by atoms with E-state index < -0.39 is 4.92 Å². The van der Waals surface area contributed by atoms with Gasteiger partial charge in [-0.05, 0) is 36.4 Å². The summed E-state index contributed by atoms with van der Waals surface area (Å²) < 4.78 is 6.76. The van der Waals surface area contributed by atoms with E-state index in [1.165, 1.54) is 18.5 Å². The zero-order valence-electron chi connectivity index (χ0n) is 11.7. The molecule has 0 aliphatic heterocycles. The molecule has 0 aliphatic carbocycles. The first-order chi connectivity index (χ1) is 10.7. The number of hydrogen-bond acceptors (Lipinski definition) is 5. The van der Waals surface area contributed by atoms with Crippen molar-refractivity contribution in [1.82, 2.24) is 14.8 Å². The van der Waals surface area contributed by atoms with Crippen LogP contribution in [-0.4, -0.2) is 26.8 Å². The molecule has 0 radical (unpaired) electrons. The lowest BCUT2D eigenvalue weighted by Gasteiger charge is -2.06. The lowest BCUT2D eigenvalue weighted by Crippen LogP contribution is -2.00. The van der Waals surface area contributed by atoms with Crippen LogP contribution in [0.25, 0.3) is 17.1 Å². The Morgan fingerprint density at radius 1 is 1.09 bits per heavy atom. The summed E-state index contributed by atoms with van der Waals surface area (Å²) in [5.41, 5.74) is 1.61. The van der Waals surface area contributed by atoms with Gasteiger partial charge < -0.3 is 4.74 Å². The van der Waals surface area contributed by atoms with Crippen LogP contribution < -0.4 is 4.74 Å². The van der Waals surface area contributed by atoms with Crippen LogP contribution in [-0.2, 0) is 0 Å². The number of non-ortho nitro benzene ring substituents is 1. The molecule has 0 saturated heterocycles. The maximum Gasteiger partial charge on any atom is 0.269 e. The number of hydrogen-bond donors (Lipinski definition) is 0. The smallest absolute Gasteiger partial charge is 0.269 e. The van der Waals surface area contributed by atoms with Crippen LogP contribution in [0.15, 0.2) is 54.9 Å². The van der Waals surface area contributed by atoms with E-state index in [1.807, 2.05) is 24.3 Å². The number of benzene rings is 2. The minimum atomic E-state index is -0.435. The molecule has 0 fully saturated rings. The molecular formula is C15H12N4O3. The Hall–Kier alpha value is -3.22. The predicted molar refractivity (Wildman–Crippen MR) is 80.0 cm³/mol. The Balaban J connectivity index is 1.99. The van der Waals surface area contributed by atoms with Gasteiger partial charge in [0, 0.05) is 17.7 Å². The van der Waals surface area contributed by atoms with E-state index >= 15 is 0 Å². The lowest BCUT2D eigenvalue weighted by atomic mass is 10.2. The minimum Gasteiger partial charge on any atom is -0.497 e. The van der Waals surface area contributed by atoms with E-state index in [4.69, 9.17) is 4.74 Å². The van der Waals surface area contributed by atoms with Gasteiger partial charge in [0.25, 0.3) is 5.69 Å². The number of nitro groups is 1. The van der Waals surface area contributed by atoms with E-state index in [-0.39, 0.29) is 5.69 Å². The summed E-state index contributed by atoms with van der Waals surface area (Å²) in [5, 5.41) is 14.9. The summed E-state index contributed by atoms with van der Waals surface area (Å²) in [6, 6.07) is 13.6. The molecule has 22 heavy (non-hydrogen) atoms. The molecule has 0 saturated carbocycles. The molecule has 2 aromatic carbocycles. The van der Waals surface area contributed by atoms with Gasteiger partial charge in [-0.2, -0.15) is 5.10 Å². The molecule has 0 bridgehead atoms. The number of nitrogens with zero attached hydrogens (tertiary/aromatic N) is 4. The zero-order chi connectivity index (χ0) is 15.5. The van der Waals surface area contributed by atoms with E-state index in [0.29, 0.717) is 11.5 Å². The molecule has 0 aliphatic rings. The highest BCUT2D eigenvalue weighted by molar-refractivity contribution is 5.59. The van der Waals surface area contributed by atoms with Crippen LogP contribution in [0.4, 0.5) is 5.69 Å². The maximum absolute atomic E-state index is 10.7. The average molecular weight is 296 g/mol. The van der Waals surface area contributed by atoms with Crippen LogP contribution in [0.5, 0.6) is 5.75 Å². The van der Waals surface area contributed by atoms with E-state index in [9.17, 15) is 10.1 Å². The van der Waals surface area contributed by atoms with Gasteiger partial charge in [-0.1, -0.05) is 0 Å². The fraction of sp³-hybridized carbons (Fsp3) is 0.0667. The normalized spacial score (nSPS) is 10.4. The topological polar surface area (TPSA) is 83.1 Å². The van der Waals surface area contributed by atoms with Gasteiger partial charge in [-0.3, -0.25) is 10.1 Å². The van der Waals surface area contributed by atoms with Crippen molar-refractivity contribution in [2.24, 2.45) is 0 Å². The minimum absolute atomic E-state index is 0.0369. The molecule has 0 atom stereocenters. The molecule has 0 N–H and O–H groups in total. The molecule has 110 valence electrons. The maximum atomic E-state index is 10.7. The number of methoxy groups -OCH3 is 1. The Bertz CT molecular complexity index is 794. The van der Waals surface area contributed by atoms with E-state index in [0.717, 1.165) is 11.3 Å². The summed E-state index contributed by atoms with van der Waals surface area (Å²) >= 11 is 0. The van der Waals surface area contributed by atoms with Crippen LogP contribution in [0.3, 0.4) is 0 Å². The molecule has 0 spiro atoms. The third kappa shape index (κ3) is 2.51. The first-order valence-electron chi connectivity index (χ1n) is 6.48. The fourth-order valence-electron chi connectivity index (χ4n) is 2.08. The van der Waals surface area contributed by atoms with Gasteiger partial charge in [0.15, 0.2) is 5.82 Å². The molecular weight excluding hydrogens is 284 g/mol. The summed E-state index contributed by atoms with van der Waals surface area (Å²) in [6.07, 6.45) is 1.45. The highest BCUT2D eigenvalue weighted by Crippen LogP contribution is 2.23. The SMILES string of the molecule is COc1ccc(-c2ncnn2-c2ccc([N+](=O)[O-])cc2)cc1. The Labute approximate surface area is 126 Å². The van der Waals surface area contributed by atoms with Gasteiger partial charge in [0.1, 0.15) is 12.1 Å².